The smallest absolute Gasteiger partial charge is 0.264 e. The third-order valence-electron chi connectivity index (χ3n) is 3.15. The van der Waals surface area contributed by atoms with Crippen molar-refractivity contribution >= 4 is 15.7 Å². The molecule has 5 heteroatoms. The molecule has 2 aromatic carbocycles. The minimum atomic E-state index is -3.56. The van der Waals surface area contributed by atoms with E-state index in [0.717, 1.165) is 0 Å². The molecule has 0 aliphatic carbocycles. The second-order valence-electron chi connectivity index (χ2n) is 4.64. The van der Waals surface area contributed by atoms with E-state index in [9.17, 15) is 8.42 Å². The van der Waals surface area contributed by atoms with E-state index in [-0.39, 0.29) is 6.10 Å². The van der Waals surface area contributed by atoms with E-state index in [1.165, 1.54) is 4.31 Å². The van der Waals surface area contributed by atoms with Crippen LogP contribution in [-0.4, -0.2) is 27.7 Å². The summed E-state index contributed by atoms with van der Waals surface area (Å²) in [4.78, 5) is 0.296. The predicted molar refractivity (Wildman–Crippen MR) is 77.2 cm³/mol. The van der Waals surface area contributed by atoms with Gasteiger partial charge in [-0.15, -0.1) is 0 Å². The van der Waals surface area contributed by atoms with Crippen molar-refractivity contribution in [3.05, 3.63) is 60.7 Å². The van der Waals surface area contributed by atoms with E-state index < -0.39 is 10.0 Å². The minimum Gasteiger partial charge on any atom is -0.371 e. The van der Waals surface area contributed by atoms with Crippen LogP contribution in [0.15, 0.2) is 65.6 Å². The Labute approximate surface area is 118 Å². The first kappa shape index (κ1) is 13.1. The van der Waals surface area contributed by atoms with E-state index >= 15 is 0 Å². The monoisotopic (exact) mass is 289 g/mol. The summed E-state index contributed by atoms with van der Waals surface area (Å²) < 4.78 is 32.1. The van der Waals surface area contributed by atoms with E-state index in [2.05, 4.69) is 0 Å². The lowest BCUT2D eigenvalue weighted by Crippen LogP contribution is -2.34. The first-order chi connectivity index (χ1) is 9.68. The van der Waals surface area contributed by atoms with E-state index in [4.69, 9.17) is 4.74 Å². The highest BCUT2D eigenvalue weighted by atomic mass is 32.2. The minimum absolute atomic E-state index is 0.00584. The van der Waals surface area contributed by atoms with Gasteiger partial charge in [-0.2, -0.15) is 0 Å². The number of epoxide rings is 1. The number of hydrogen-bond donors (Lipinski definition) is 0. The largest absolute Gasteiger partial charge is 0.371 e. The van der Waals surface area contributed by atoms with Gasteiger partial charge in [-0.25, -0.2) is 8.42 Å². The molecule has 4 nitrogen and oxygen atoms in total. The molecule has 2 aromatic rings. The first-order valence-electron chi connectivity index (χ1n) is 6.42. The lowest BCUT2D eigenvalue weighted by atomic mass is 10.3. The molecule has 0 aromatic heterocycles. The topological polar surface area (TPSA) is 49.9 Å². The van der Waals surface area contributed by atoms with Crippen molar-refractivity contribution in [1.82, 2.24) is 0 Å². The maximum Gasteiger partial charge on any atom is 0.264 e. The first-order valence-corrected chi connectivity index (χ1v) is 7.86. The zero-order valence-electron chi connectivity index (χ0n) is 10.8. The average molecular weight is 289 g/mol. The molecule has 0 N–H and O–H groups in total. The molecule has 1 heterocycles. The summed E-state index contributed by atoms with van der Waals surface area (Å²) in [6, 6.07) is 17.6. The highest BCUT2D eigenvalue weighted by Crippen LogP contribution is 2.26. The molecule has 0 radical (unpaired) electrons. The Kier molecular flexibility index (Phi) is 3.46. The second-order valence-corrected chi connectivity index (χ2v) is 6.50. The highest BCUT2D eigenvalue weighted by Gasteiger charge is 2.32. The van der Waals surface area contributed by atoms with Crippen LogP contribution in [0.25, 0.3) is 0 Å². The van der Waals surface area contributed by atoms with Crippen molar-refractivity contribution in [2.24, 2.45) is 0 Å². The van der Waals surface area contributed by atoms with Crippen LogP contribution in [-0.2, 0) is 14.8 Å². The number of benzene rings is 2. The van der Waals surface area contributed by atoms with Crippen molar-refractivity contribution < 1.29 is 13.2 Å². The maximum absolute atomic E-state index is 12.8. The van der Waals surface area contributed by atoms with Crippen LogP contribution < -0.4 is 4.31 Å². The summed E-state index contributed by atoms with van der Waals surface area (Å²) in [5, 5.41) is 0. The van der Waals surface area contributed by atoms with Gasteiger partial charge in [0.25, 0.3) is 10.0 Å². The van der Waals surface area contributed by atoms with Crippen LogP contribution in [0.4, 0.5) is 5.69 Å². The van der Waals surface area contributed by atoms with Crippen molar-refractivity contribution in [1.29, 1.82) is 0 Å². The van der Waals surface area contributed by atoms with Gasteiger partial charge in [0.2, 0.25) is 0 Å². The molecular formula is C15H15NO3S. The third kappa shape index (κ3) is 2.69. The predicted octanol–water partition coefficient (Wildman–Crippen LogP) is 2.28. The van der Waals surface area contributed by atoms with E-state index in [0.29, 0.717) is 23.7 Å². The maximum atomic E-state index is 12.8. The molecule has 0 amide bonds. The molecule has 104 valence electrons. The number of ether oxygens (including phenoxy) is 1. The molecule has 1 saturated heterocycles. The standard InChI is InChI=1S/C15H15NO3S/c17-20(18,15-9-5-2-6-10-15)16(11-14-12-19-14)13-7-3-1-4-8-13/h1-10,14H,11-12H2/t14-/m0/s1. The van der Waals surface area contributed by atoms with Gasteiger partial charge >= 0.3 is 0 Å². The lowest BCUT2D eigenvalue weighted by Gasteiger charge is -2.23. The normalized spacial score (nSPS) is 17.7. The summed E-state index contributed by atoms with van der Waals surface area (Å²) in [7, 11) is -3.56. The molecule has 0 spiro atoms. The second kappa shape index (κ2) is 5.26. The number of nitrogens with zero attached hydrogens (tertiary/aromatic N) is 1. The number of rotatable bonds is 5. The summed E-state index contributed by atoms with van der Waals surface area (Å²) >= 11 is 0. The zero-order chi connectivity index (χ0) is 14.0. The van der Waals surface area contributed by atoms with E-state index in [1.54, 1.807) is 42.5 Å². The summed E-state index contributed by atoms with van der Waals surface area (Å²) in [6.07, 6.45) is -0.00584. The van der Waals surface area contributed by atoms with Crippen LogP contribution in [0, 0.1) is 0 Å². The Morgan fingerprint density at radius 1 is 1.00 bits per heavy atom. The fraction of sp³-hybridized carbons (Fsp3) is 0.200. The molecule has 20 heavy (non-hydrogen) atoms. The Hall–Kier alpha value is -1.85. The Balaban J connectivity index is 2.00. The van der Waals surface area contributed by atoms with Gasteiger partial charge < -0.3 is 4.74 Å². The van der Waals surface area contributed by atoms with Crippen molar-refractivity contribution in [3.8, 4) is 0 Å². The number of hydrogen-bond acceptors (Lipinski definition) is 3. The quantitative estimate of drug-likeness (QED) is 0.793. The van der Waals surface area contributed by atoms with Crippen molar-refractivity contribution in [2.45, 2.75) is 11.0 Å². The van der Waals surface area contributed by atoms with Gasteiger partial charge in [0, 0.05) is 0 Å². The van der Waals surface area contributed by atoms with Crippen LogP contribution >= 0.6 is 0 Å². The van der Waals surface area contributed by atoms with Crippen molar-refractivity contribution in [2.75, 3.05) is 17.5 Å². The van der Waals surface area contributed by atoms with Crippen LogP contribution in [0.3, 0.4) is 0 Å². The molecule has 3 rings (SSSR count). The molecular weight excluding hydrogens is 274 g/mol. The number of sulfonamides is 1. The number of anilines is 1. The van der Waals surface area contributed by atoms with Gasteiger partial charge in [-0.1, -0.05) is 36.4 Å². The van der Waals surface area contributed by atoms with Gasteiger partial charge in [0.1, 0.15) is 0 Å². The zero-order valence-corrected chi connectivity index (χ0v) is 11.7. The molecule has 1 aliphatic heterocycles. The summed E-state index contributed by atoms with van der Waals surface area (Å²) in [6.45, 7) is 0.967. The molecule has 1 atom stereocenters. The fourth-order valence-electron chi connectivity index (χ4n) is 2.01. The van der Waals surface area contributed by atoms with Gasteiger partial charge in [-0.3, -0.25) is 4.31 Å². The molecule has 1 fully saturated rings. The van der Waals surface area contributed by atoms with Crippen LogP contribution in [0.2, 0.25) is 0 Å². The molecule has 0 saturated carbocycles. The lowest BCUT2D eigenvalue weighted by molar-refractivity contribution is 0.412. The van der Waals surface area contributed by atoms with Crippen LogP contribution in [0.1, 0.15) is 0 Å². The Morgan fingerprint density at radius 3 is 2.10 bits per heavy atom. The molecule has 0 bridgehead atoms. The van der Waals surface area contributed by atoms with Crippen LogP contribution in [0.5, 0.6) is 0 Å². The Bertz CT molecular complexity index is 667. The summed E-state index contributed by atoms with van der Waals surface area (Å²) in [5.74, 6) is 0. The third-order valence-corrected chi connectivity index (χ3v) is 4.96. The Morgan fingerprint density at radius 2 is 1.55 bits per heavy atom. The highest BCUT2D eigenvalue weighted by molar-refractivity contribution is 7.92. The summed E-state index contributed by atoms with van der Waals surface area (Å²) in [5.41, 5.74) is 0.659. The van der Waals surface area contributed by atoms with E-state index in [1.807, 2.05) is 18.2 Å². The average Bonchev–Trinajstić information content (AvgIpc) is 3.30. The number of para-hydroxylation sites is 1. The van der Waals surface area contributed by atoms with Gasteiger partial charge in [0.15, 0.2) is 0 Å². The fourth-order valence-corrected chi connectivity index (χ4v) is 3.53. The van der Waals surface area contributed by atoms with Gasteiger partial charge in [0.05, 0.1) is 29.8 Å². The molecule has 1 aliphatic rings. The SMILES string of the molecule is O=S(=O)(c1ccccc1)N(C[C@H]1CO1)c1ccccc1. The molecule has 0 unspecified atom stereocenters. The van der Waals surface area contributed by atoms with Gasteiger partial charge in [-0.05, 0) is 24.3 Å². The van der Waals surface area contributed by atoms with Crippen molar-refractivity contribution in [3.63, 3.8) is 0 Å².